The first-order chi connectivity index (χ1) is 9.54. The summed E-state index contributed by atoms with van der Waals surface area (Å²) in [6.07, 6.45) is 2.35. The van der Waals surface area contributed by atoms with Crippen LogP contribution in [0.15, 0.2) is 46.9 Å². The fourth-order valence-corrected chi connectivity index (χ4v) is 3.32. The molecule has 2 rings (SSSR count). The summed E-state index contributed by atoms with van der Waals surface area (Å²) in [4.78, 5) is 13.9. The maximum atomic E-state index is 10.4. The fourth-order valence-electron chi connectivity index (χ4n) is 1.33. The van der Waals surface area contributed by atoms with Crippen molar-refractivity contribution in [1.82, 2.24) is 0 Å². The molecule has 7 heteroatoms. The topological polar surface area (TPSA) is 83.8 Å². The van der Waals surface area contributed by atoms with Crippen LogP contribution in [0.5, 0.6) is 0 Å². The van der Waals surface area contributed by atoms with Crippen molar-refractivity contribution in [3.63, 3.8) is 0 Å². The van der Waals surface area contributed by atoms with E-state index in [4.69, 9.17) is 5.11 Å². The van der Waals surface area contributed by atoms with Gasteiger partial charge in [-0.25, -0.2) is 4.79 Å². The molecule has 1 aromatic carbocycles. The monoisotopic (exact) mass is 313 g/mol. The number of aliphatic imine (C=N–C) groups is 1. The molecule has 1 atom stereocenters. The summed E-state index contributed by atoms with van der Waals surface area (Å²) < 4.78 is 20.9. The number of carboxylic acids is 1. The van der Waals surface area contributed by atoms with Gasteiger partial charge in [-0.15, -0.1) is 0 Å². The first-order valence-electron chi connectivity index (χ1n) is 5.84. The van der Waals surface area contributed by atoms with Gasteiger partial charge < -0.3 is 5.11 Å². The van der Waals surface area contributed by atoms with Crippen LogP contribution in [0.4, 0.5) is 0 Å². The molecule has 0 amide bonds. The third-order valence-electron chi connectivity index (χ3n) is 2.39. The van der Waals surface area contributed by atoms with E-state index in [1.54, 1.807) is 0 Å². The molecule has 1 aromatic rings. The molecule has 0 radical (unpaired) electrons. The van der Waals surface area contributed by atoms with Gasteiger partial charge in [0.15, 0.2) is 0 Å². The number of aliphatic carboxylic acids is 1. The Hall–Kier alpha value is -1.73. The molecule has 0 bridgehead atoms. The van der Waals surface area contributed by atoms with Crippen molar-refractivity contribution in [2.24, 2.45) is 4.99 Å². The fraction of sp³-hybridized carbons (Fsp3) is 0.231. The first-order valence-corrected chi connectivity index (χ1v) is 8.89. The number of carboxylic acid groups (broad SMARTS) is 1. The summed E-state index contributed by atoms with van der Waals surface area (Å²) in [6, 6.07) is 10.5. The Morgan fingerprint density at radius 2 is 2.00 bits per heavy atom. The predicted octanol–water partition coefficient (Wildman–Crippen LogP) is 1.66. The van der Waals surface area contributed by atoms with Crippen LogP contribution in [0, 0.1) is 0 Å². The van der Waals surface area contributed by atoms with Crippen LogP contribution in [-0.4, -0.2) is 31.0 Å². The molecule has 5 nitrogen and oxygen atoms in total. The molecular formula is C13H15NO4S2. The summed E-state index contributed by atoms with van der Waals surface area (Å²) >= 11 is 0. The number of carbonyl (C=O) groups is 1. The van der Waals surface area contributed by atoms with E-state index in [1.165, 1.54) is 17.2 Å². The van der Waals surface area contributed by atoms with Crippen molar-refractivity contribution in [2.75, 3.05) is 5.75 Å². The van der Waals surface area contributed by atoms with Gasteiger partial charge in [0.2, 0.25) is 9.26 Å². The zero-order valence-corrected chi connectivity index (χ0v) is 12.5. The molecule has 1 unspecified atom stereocenters. The third kappa shape index (κ3) is 5.50. The largest absolute Gasteiger partial charge is 0.477 e. The standard InChI is InChI=1S/C8H10.C5H5NO4S2/c1-2-8-6-4-3-5-7-8;7-5(8)4-3-11(12(9)10)2-1-6-4/h3-7H,2H2,1H3;1-2H,3H2,(H,7,8). The van der Waals surface area contributed by atoms with Crippen LogP contribution in [0.1, 0.15) is 12.5 Å². The molecular weight excluding hydrogens is 298 g/mol. The highest BCUT2D eigenvalue weighted by molar-refractivity contribution is 8.35. The highest BCUT2D eigenvalue weighted by Gasteiger charge is 2.13. The average Bonchev–Trinajstić information content (AvgIpc) is 2.49. The minimum absolute atomic E-state index is 0.0258. The Balaban J connectivity index is 0.000000217. The normalized spacial score (nSPS) is 16.6. The molecule has 0 fully saturated rings. The lowest BCUT2D eigenvalue weighted by Crippen LogP contribution is -2.21. The third-order valence-corrected chi connectivity index (χ3v) is 5.46. The van der Waals surface area contributed by atoms with E-state index in [-0.39, 0.29) is 11.5 Å². The van der Waals surface area contributed by atoms with Crippen LogP contribution in [-0.2, 0) is 29.9 Å². The van der Waals surface area contributed by atoms with E-state index in [9.17, 15) is 13.2 Å². The van der Waals surface area contributed by atoms with Gasteiger partial charge in [0, 0.05) is 6.20 Å². The van der Waals surface area contributed by atoms with E-state index in [2.05, 4.69) is 36.2 Å². The van der Waals surface area contributed by atoms with Gasteiger partial charge in [-0.2, -0.15) is 8.42 Å². The molecule has 0 aromatic heterocycles. The van der Waals surface area contributed by atoms with Crippen molar-refractivity contribution in [2.45, 2.75) is 13.3 Å². The molecule has 1 aliphatic rings. The van der Waals surface area contributed by atoms with Crippen LogP contribution in [0.3, 0.4) is 0 Å². The zero-order chi connectivity index (χ0) is 15.0. The molecule has 20 heavy (non-hydrogen) atoms. The predicted molar refractivity (Wildman–Crippen MR) is 81.2 cm³/mol. The summed E-state index contributed by atoms with van der Waals surface area (Å²) in [6.45, 7) is 2.16. The quantitative estimate of drug-likeness (QED) is 0.900. The van der Waals surface area contributed by atoms with E-state index in [0.29, 0.717) is 0 Å². The first kappa shape index (κ1) is 16.3. The second-order valence-corrected chi connectivity index (χ2v) is 7.57. The lowest BCUT2D eigenvalue weighted by molar-refractivity contribution is -0.129. The van der Waals surface area contributed by atoms with Gasteiger partial charge >= 0.3 is 5.97 Å². The van der Waals surface area contributed by atoms with Crippen LogP contribution in [0.25, 0.3) is 0 Å². The van der Waals surface area contributed by atoms with Crippen molar-refractivity contribution in [3.8, 4) is 0 Å². The highest BCUT2D eigenvalue weighted by atomic mass is 32.9. The second kappa shape index (κ2) is 8.44. The number of rotatable bonds is 2. The molecule has 0 spiro atoms. The Labute approximate surface area is 120 Å². The Morgan fingerprint density at radius 3 is 2.45 bits per heavy atom. The average molecular weight is 313 g/mol. The lowest BCUT2D eigenvalue weighted by Gasteiger charge is -2.02. The minimum atomic E-state index is -2.24. The molecule has 1 N–H and O–H groups in total. The number of nitrogens with zero attached hydrogens (tertiary/aromatic N) is 1. The van der Waals surface area contributed by atoms with Gasteiger partial charge in [0.05, 0.1) is 5.75 Å². The van der Waals surface area contributed by atoms with E-state index in [0.717, 1.165) is 6.42 Å². The summed E-state index contributed by atoms with van der Waals surface area (Å²) in [5.74, 6) is -1.19. The van der Waals surface area contributed by atoms with Crippen molar-refractivity contribution < 1.29 is 18.3 Å². The van der Waals surface area contributed by atoms with E-state index < -0.39 is 24.7 Å². The smallest absolute Gasteiger partial charge is 0.351 e. The number of benzene rings is 1. The maximum Gasteiger partial charge on any atom is 0.351 e. The maximum absolute atomic E-state index is 10.4. The molecule has 1 aliphatic heterocycles. The Morgan fingerprint density at radius 1 is 1.35 bits per heavy atom. The molecule has 1 heterocycles. The number of hydrogen-bond donors (Lipinski definition) is 1. The van der Waals surface area contributed by atoms with Crippen LogP contribution < -0.4 is 0 Å². The summed E-state index contributed by atoms with van der Waals surface area (Å²) in [5.41, 5.74) is 1.30. The zero-order valence-electron chi connectivity index (χ0n) is 10.9. The van der Waals surface area contributed by atoms with Crippen LogP contribution >= 0.6 is 0 Å². The van der Waals surface area contributed by atoms with Gasteiger partial charge in [-0.05, 0) is 26.8 Å². The second-order valence-electron chi connectivity index (χ2n) is 3.73. The number of hydrogen-bond acceptors (Lipinski definition) is 4. The van der Waals surface area contributed by atoms with Crippen molar-refractivity contribution in [3.05, 3.63) is 47.5 Å². The van der Waals surface area contributed by atoms with Crippen molar-refractivity contribution >= 4 is 30.4 Å². The summed E-state index contributed by atoms with van der Waals surface area (Å²) in [5, 5.41) is 9.86. The number of aryl methyl sites for hydroxylation is 1. The minimum Gasteiger partial charge on any atom is -0.477 e. The van der Waals surface area contributed by atoms with E-state index in [1.807, 2.05) is 6.07 Å². The lowest BCUT2D eigenvalue weighted by atomic mass is 10.2. The Bertz CT molecular complexity index is 653. The van der Waals surface area contributed by atoms with Gasteiger partial charge in [-0.1, -0.05) is 37.3 Å². The van der Waals surface area contributed by atoms with E-state index >= 15 is 0 Å². The molecule has 108 valence electrons. The van der Waals surface area contributed by atoms with Gasteiger partial charge in [-0.3, -0.25) is 4.99 Å². The van der Waals surface area contributed by atoms with Gasteiger partial charge in [0.25, 0.3) is 0 Å². The molecule has 0 saturated heterocycles. The van der Waals surface area contributed by atoms with Crippen molar-refractivity contribution in [1.29, 1.82) is 0 Å². The SMILES string of the molecule is CCc1ccccc1.O=C(O)C1=NC=CS(=S(=O)=O)C1. The molecule has 0 saturated carbocycles. The summed E-state index contributed by atoms with van der Waals surface area (Å²) in [7, 11) is -3.26. The Kier molecular flexibility index (Phi) is 6.89. The van der Waals surface area contributed by atoms with Gasteiger partial charge in [0.1, 0.15) is 5.71 Å². The molecule has 0 aliphatic carbocycles. The highest BCUT2D eigenvalue weighted by Crippen LogP contribution is 1.99. The van der Waals surface area contributed by atoms with Crippen LogP contribution in [0.2, 0.25) is 0 Å².